The molecule has 2 rings (SSSR count). The third-order valence-corrected chi connectivity index (χ3v) is 4.43. The predicted molar refractivity (Wildman–Crippen MR) is 115 cm³/mol. The number of ether oxygens (including phenoxy) is 2. The van der Waals surface area contributed by atoms with Gasteiger partial charge in [-0.3, -0.25) is 4.99 Å². The molecular weight excluding hydrogens is 476 g/mol. The molecule has 1 fully saturated rings. The van der Waals surface area contributed by atoms with Gasteiger partial charge in [0.2, 0.25) is 0 Å². The summed E-state index contributed by atoms with van der Waals surface area (Å²) >= 11 is 12.2. The lowest BCUT2D eigenvalue weighted by molar-refractivity contribution is 0.0191. The maximum Gasteiger partial charge on any atom is 0.191 e. The zero-order valence-corrected chi connectivity index (χ0v) is 18.4. The smallest absolute Gasteiger partial charge is 0.191 e. The molecule has 0 radical (unpaired) electrons. The molecule has 1 saturated heterocycles. The summed E-state index contributed by atoms with van der Waals surface area (Å²) in [5.41, 5.74) is 0.971. The average molecular weight is 502 g/mol. The Hall–Kier alpha value is -0.280. The molecule has 1 heterocycles. The van der Waals surface area contributed by atoms with Gasteiger partial charge >= 0.3 is 0 Å². The van der Waals surface area contributed by atoms with Crippen LogP contribution in [0.1, 0.15) is 31.4 Å². The number of rotatable bonds is 7. The second-order valence-electron chi connectivity index (χ2n) is 5.74. The Labute approximate surface area is 176 Å². The fourth-order valence-corrected chi connectivity index (χ4v) is 3.13. The number of aliphatic imine (C=N–C) groups is 1. The van der Waals surface area contributed by atoms with Crippen LogP contribution in [-0.4, -0.2) is 45.5 Å². The highest BCUT2D eigenvalue weighted by Gasteiger charge is 2.15. The molecule has 1 aromatic carbocycles. The molecule has 2 unspecified atom stereocenters. The van der Waals surface area contributed by atoms with E-state index in [1.807, 2.05) is 19.1 Å². The molecule has 142 valence electrons. The molecule has 1 aliphatic heterocycles. The van der Waals surface area contributed by atoms with E-state index in [-0.39, 0.29) is 36.1 Å². The average Bonchev–Trinajstić information content (AvgIpc) is 3.06. The lowest BCUT2D eigenvalue weighted by atomic mass is 10.1. The Morgan fingerprint density at radius 2 is 2.24 bits per heavy atom. The molecule has 0 spiro atoms. The van der Waals surface area contributed by atoms with E-state index in [4.69, 9.17) is 32.7 Å². The molecule has 8 heteroatoms. The Morgan fingerprint density at radius 1 is 1.44 bits per heavy atom. The van der Waals surface area contributed by atoms with Crippen molar-refractivity contribution in [2.45, 2.75) is 31.9 Å². The van der Waals surface area contributed by atoms with Crippen molar-refractivity contribution in [2.75, 3.05) is 33.4 Å². The van der Waals surface area contributed by atoms with Gasteiger partial charge in [0.25, 0.3) is 0 Å². The van der Waals surface area contributed by atoms with E-state index in [2.05, 4.69) is 15.6 Å². The van der Waals surface area contributed by atoms with Gasteiger partial charge in [0.1, 0.15) is 0 Å². The normalized spacial score (nSPS) is 18.6. The van der Waals surface area contributed by atoms with E-state index in [1.54, 1.807) is 13.1 Å². The molecule has 0 bridgehead atoms. The lowest BCUT2D eigenvalue weighted by Gasteiger charge is -2.19. The molecule has 1 aliphatic rings. The quantitative estimate of drug-likeness (QED) is 0.256. The monoisotopic (exact) mass is 501 g/mol. The summed E-state index contributed by atoms with van der Waals surface area (Å²) in [4.78, 5) is 4.22. The van der Waals surface area contributed by atoms with Gasteiger partial charge in [-0.15, -0.1) is 24.0 Å². The summed E-state index contributed by atoms with van der Waals surface area (Å²) in [6.45, 7) is 4.82. The summed E-state index contributed by atoms with van der Waals surface area (Å²) in [5.74, 6) is 0.703. The van der Waals surface area contributed by atoms with Crippen LogP contribution in [-0.2, 0) is 9.47 Å². The minimum atomic E-state index is 0. The zero-order chi connectivity index (χ0) is 17.4. The van der Waals surface area contributed by atoms with E-state index in [0.29, 0.717) is 35.8 Å². The van der Waals surface area contributed by atoms with Crippen LogP contribution >= 0.6 is 47.2 Å². The van der Waals surface area contributed by atoms with Crippen LogP contribution in [0.2, 0.25) is 10.0 Å². The van der Waals surface area contributed by atoms with Crippen LogP contribution in [0.25, 0.3) is 0 Å². The number of nitrogens with one attached hydrogen (secondary N) is 2. The third kappa shape index (κ3) is 7.86. The fraction of sp³-hybridized carbons (Fsp3) is 0.588. The zero-order valence-electron chi connectivity index (χ0n) is 14.6. The summed E-state index contributed by atoms with van der Waals surface area (Å²) in [7, 11) is 1.73. The molecule has 0 aliphatic carbocycles. The summed E-state index contributed by atoms with van der Waals surface area (Å²) in [6.07, 6.45) is 2.48. The van der Waals surface area contributed by atoms with Crippen LogP contribution in [0.3, 0.4) is 0 Å². The predicted octanol–water partition coefficient (Wildman–Crippen LogP) is 4.03. The van der Waals surface area contributed by atoms with Crippen LogP contribution in [0.4, 0.5) is 0 Å². The first-order valence-corrected chi connectivity index (χ1v) is 8.97. The molecule has 2 atom stereocenters. The summed E-state index contributed by atoms with van der Waals surface area (Å²) in [5, 5.41) is 7.80. The minimum Gasteiger partial charge on any atom is -0.377 e. The van der Waals surface area contributed by atoms with E-state index in [9.17, 15) is 0 Å². The maximum absolute atomic E-state index is 6.24. The molecular formula is C17H26Cl2IN3O2. The van der Waals surface area contributed by atoms with Crippen molar-refractivity contribution in [2.24, 2.45) is 4.99 Å². The number of hydrogen-bond donors (Lipinski definition) is 2. The Balaban J connectivity index is 0.00000312. The van der Waals surface area contributed by atoms with Crippen LogP contribution < -0.4 is 10.6 Å². The van der Waals surface area contributed by atoms with Gasteiger partial charge in [0.15, 0.2) is 5.96 Å². The lowest BCUT2D eigenvalue weighted by Crippen LogP contribution is -2.40. The Kier molecular flexibility index (Phi) is 11.1. The standard InChI is InChI=1S/C17H25Cl2N3O2.HI/c1-12(15-6-5-13(18)10-16(15)19)22-17(20-2)21-7-9-23-11-14-4-3-8-24-14;/h5-6,10,12,14H,3-4,7-9,11H2,1-2H3,(H2,20,21,22);1H. The van der Waals surface area contributed by atoms with Crippen molar-refractivity contribution in [3.8, 4) is 0 Å². The highest BCUT2D eigenvalue weighted by molar-refractivity contribution is 14.0. The van der Waals surface area contributed by atoms with Gasteiger partial charge < -0.3 is 20.1 Å². The van der Waals surface area contributed by atoms with Gasteiger partial charge in [-0.05, 0) is 37.5 Å². The first-order chi connectivity index (χ1) is 11.6. The minimum absolute atomic E-state index is 0. The van der Waals surface area contributed by atoms with Crippen LogP contribution in [0.5, 0.6) is 0 Å². The summed E-state index contributed by atoms with van der Waals surface area (Å²) < 4.78 is 11.1. The fourth-order valence-electron chi connectivity index (χ4n) is 2.56. The molecule has 1 aromatic rings. The Bertz CT molecular complexity index is 555. The second kappa shape index (κ2) is 12.2. The topological polar surface area (TPSA) is 54.9 Å². The van der Waals surface area contributed by atoms with E-state index >= 15 is 0 Å². The number of hydrogen-bond acceptors (Lipinski definition) is 3. The number of halogens is 3. The van der Waals surface area contributed by atoms with Gasteiger partial charge in [-0.1, -0.05) is 29.3 Å². The van der Waals surface area contributed by atoms with Crippen molar-refractivity contribution in [1.82, 2.24) is 10.6 Å². The van der Waals surface area contributed by atoms with Crippen LogP contribution in [0, 0.1) is 0 Å². The third-order valence-electron chi connectivity index (χ3n) is 3.87. The molecule has 0 aromatic heterocycles. The molecule has 0 saturated carbocycles. The molecule has 5 nitrogen and oxygen atoms in total. The van der Waals surface area contributed by atoms with Crippen molar-refractivity contribution < 1.29 is 9.47 Å². The molecule has 0 amide bonds. The van der Waals surface area contributed by atoms with E-state index < -0.39 is 0 Å². The van der Waals surface area contributed by atoms with E-state index in [1.165, 1.54) is 0 Å². The first-order valence-electron chi connectivity index (χ1n) is 8.21. The SMILES string of the molecule is CN=C(NCCOCC1CCCO1)NC(C)c1ccc(Cl)cc1Cl.I. The summed E-state index contributed by atoms with van der Waals surface area (Å²) in [6, 6.07) is 5.50. The van der Waals surface area contributed by atoms with Crippen molar-refractivity contribution in [1.29, 1.82) is 0 Å². The molecule has 25 heavy (non-hydrogen) atoms. The largest absolute Gasteiger partial charge is 0.377 e. The first kappa shape index (κ1) is 22.8. The van der Waals surface area contributed by atoms with Crippen molar-refractivity contribution in [3.63, 3.8) is 0 Å². The number of guanidine groups is 1. The highest BCUT2D eigenvalue weighted by atomic mass is 127. The van der Waals surface area contributed by atoms with Crippen molar-refractivity contribution in [3.05, 3.63) is 33.8 Å². The maximum atomic E-state index is 6.24. The second-order valence-corrected chi connectivity index (χ2v) is 6.58. The van der Waals surface area contributed by atoms with Crippen molar-refractivity contribution >= 4 is 53.1 Å². The van der Waals surface area contributed by atoms with Gasteiger partial charge in [-0.2, -0.15) is 0 Å². The van der Waals surface area contributed by atoms with Gasteiger partial charge in [0, 0.05) is 30.2 Å². The molecule has 2 N–H and O–H groups in total. The Morgan fingerprint density at radius 3 is 2.88 bits per heavy atom. The van der Waals surface area contributed by atoms with Gasteiger partial charge in [-0.25, -0.2) is 0 Å². The number of nitrogens with zero attached hydrogens (tertiary/aromatic N) is 1. The number of benzene rings is 1. The highest BCUT2D eigenvalue weighted by Crippen LogP contribution is 2.25. The van der Waals surface area contributed by atoms with Gasteiger partial charge in [0.05, 0.1) is 25.4 Å². The van der Waals surface area contributed by atoms with E-state index in [0.717, 1.165) is 25.0 Å². The van der Waals surface area contributed by atoms with Crippen LogP contribution in [0.15, 0.2) is 23.2 Å².